The maximum atomic E-state index is 12.4. The van der Waals surface area contributed by atoms with Gasteiger partial charge in [-0.3, -0.25) is 20.2 Å². The summed E-state index contributed by atoms with van der Waals surface area (Å²) in [5, 5.41) is 15.2. The number of nitrogens with zero attached hydrogens (tertiary/aromatic N) is 3. The van der Waals surface area contributed by atoms with Crippen LogP contribution in [-0.2, 0) is 0 Å². The molecule has 0 aromatic heterocycles. The number of anilines is 1. The van der Waals surface area contributed by atoms with E-state index in [1.165, 1.54) is 12.1 Å². The van der Waals surface area contributed by atoms with Crippen LogP contribution in [0.3, 0.4) is 0 Å². The summed E-state index contributed by atoms with van der Waals surface area (Å²) in [6.45, 7) is 1.97. The summed E-state index contributed by atoms with van der Waals surface area (Å²) in [5.74, 6) is -0.446. The van der Waals surface area contributed by atoms with E-state index in [0.717, 1.165) is 0 Å². The Morgan fingerprint density at radius 1 is 1.03 bits per heavy atom. The fourth-order valence-corrected chi connectivity index (χ4v) is 3.79. The van der Waals surface area contributed by atoms with Crippen molar-refractivity contribution in [3.8, 4) is 0 Å². The standard InChI is InChI=1S/C18H15Cl3N4O3S/c19-11-1-3-14(21)13(9-11)17(26)22-18(29)24-7-5-23(6-8-24)15-4-2-12(20)10-16(15)25(27)28/h1-4,9-10H,5-8H2,(H,22,26,29). The fourth-order valence-electron chi connectivity index (χ4n) is 2.98. The minimum absolute atomic E-state index is 0.0440. The van der Waals surface area contributed by atoms with Crippen molar-refractivity contribution in [1.82, 2.24) is 10.2 Å². The van der Waals surface area contributed by atoms with Crippen LogP contribution in [0.4, 0.5) is 11.4 Å². The average molecular weight is 474 g/mol. The number of nitro benzene ring substituents is 1. The van der Waals surface area contributed by atoms with E-state index in [9.17, 15) is 14.9 Å². The molecule has 2 aromatic carbocycles. The lowest BCUT2D eigenvalue weighted by molar-refractivity contribution is -0.384. The third-order valence-corrected chi connectivity index (χ3v) is 5.60. The van der Waals surface area contributed by atoms with E-state index in [-0.39, 0.29) is 21.4 Å². The first-order chi connectivity index (χ1) is 13.8. The van der Waals surface area contributed by atoms with Crippen molar-refractivity contribution >= 4 is 69.4 Å². The van der Waals surface area contributed by atoms with E-state index < -0.39 is 10.8 Å². The summed E-state index contributed by atoms with van der Waals surface area (Å²) in [4.78, 5) is 27.0. The minimum Gasteiger partial charge on any atom is -0.362 e. The van der Waals surface area contributed by atoms with E-state index >= 15 is 0 Å². The van der Waals surface area contributed by atoms with Gasteiger partial charge in [-0.1, -0.05) is 34.8 Å². The van der Waals surface area contributed by atoms with Gasteiger partial charge in [-0.05, 0) is 42.5 Å². The zero-order valence-corrected chi connectivity index (χ0v) is 18.0. The molecule has 0 unspecified atom stereocenters. The highest BCUT2D eigenvalue weighted by Gasteiger charge is 2.25. The predicted molar refractivity (Wildman–Crippen MR) is 118 cm³/mol. The van der Waals surface area contributed by atoms with Crippen molar-refractivity contribution < 1.29 is 9.72 Å². The van der Waals surface area contributed by atoms with Crippen LogP contribution in [0.2, 0.25) is 15.1 Å². The van der Waals surface area contributed by atoms with Crippen LogP contribution in [0.1, 0.15) is 10.4 Å². The van der Waals surface area contributed by atoms with Crippen molar-refractivity contribution in [2.75, 3.05) is 31.1 Å². The third-order valence-electron chi connectivity index (χ3n) is 4.44. The van der Waals surface area contributed by atoms with Crippen molar-refractivity contribution in [1.29, 1.82) is 0 Å². The number of benzene rings is 2. The molecule has 1 amide bonds. The van der Waals surface area contributed by atoms with E-state index in [1.807, 2.05) is 9.80 Å². The van der Waals surface area contributed by atoms with Gasteiger partial charge >= 0.3 is 0 Å². The van der Waals surface area contributed by atoms with Crippen molar-refractivity contribution in [2.24, 2.45) is 0 Å². The highest BCUT2D eigenvalue weighted by atomic mass is 35.5. The molecule has 2 aromatic rings. The average Bonchev–Trinajstić information content (AvgIpc) is 2.69. The molecule has 0 saturated carbocycles. The lowest BCUT2D eigenvalue weighted by atomic mass is 10.2. The number of piperazine rings is 1. The number of nitro groups is 1. The topological polar surface area (TPSA) is 78.7 Å². The van der Waals surface area contributed by atoms with Crippen LogP contribution in [0.25, 0.3) is 0 Å². The van der Waals surface area contributed by atoms with Crippen molar-refractivity contribution in [3.63, 3.8) is 0 Å². The van der Waals surface area contributed by atoms with Gasteiger partial charge in [0.2, 0.25) is 0 Å². The zero-order chi connectivity index (χ0) is 21.1. The molecule has 0 radical (unpaired) electrons. The molecule has 1 saturated heterocycles. The molecule has 0 aliphatic carbocycles. The molecule has 7 nitrogen and oxygen atoms in total. The summed E-state index contributed by atoms with van der Waals surface area (Å²) in [6, 6.07) is 9.20. The van der Waals surface area contributed by atoms with Gasteiger partial charge in [0.25, 0.3) is 11.6 Å². The van der Waals surface area contributed by atoms with Gasteiger partial charge in [0.1, 0.15) is 5.69 Å². The van der Waals surface area contributed by atoms with Crippen LogP contribution >= 0.6 is 47.0 Å². The summed E-state index contributed by atoms with van der Waals surface area (Å²) >= 11 is 23.2. The third kappa shape index (κ3) is 5.08. The molecular weight excluding hydrogens is 459 g/mol. The van der Waals surface area contributed by atoms with Gasteiger partial charge in [-0.25, -0.2) is 0 Å². The number of carbonyl (C=O) groups is 1. The number of thiocarbonyl (C=S) groups is 1. The Kier molecular flexibility index (Phi) is 6.79. The van der Waals surface area contributed by atoms with Crippen LogP contribution in [-0.4, -0.2) is 47.0 Å². The lowest BCUT2D eigenvalue weighted by Gasteiger charge is -2.37. The number of rotatable bonds is 3. The summed E-state index contributed by atoms with van der Waals surface area (Å²) < 4.78 is 0. The van der Waals surface area contributed by atoms with Crippen LogP contribution in [0.5, 0.6) is 0 Å². The first-order valence-corrected chi connectivity index (χ1v) is 10.0. The number of nitrogens with one attached hydrogen (secondary N) is 1. The fraction of sp³-hybridized carbons (Fsp3) is 0.222. The first-order valence-electron chi connectivity index (χ1n) is 8.50. The van der Waals surface area contributed by atoms with Gasteiger partial charge in [0.05, 0.1) is 15.5 Å². The van der Waals surface area contributed by atoms with Crippen LogP contribution in [0, 0.1) is 10.1 Å². The maximum absolute atomic E-state index is 12.4. The molecule has 0 spiro atoms. The molecule has 0 bridgehead atoms. The Balaban J connectivity index is 1.64. The number of hydrogen-bond acceptors (Lipinski definition) is 5. The van der Waals surface area contributed by atoms with Crippen molar-refractivity contribution in [2.45, 2.75) is 0 Å². The molecule has 152 valence electrons. The molecule has 0 atom stereocenters. The van der Waals surface area contributed by atoms with Gasteiger partial charge in [-0.2, -0.15) is 0 Å². The highest BCUT2D eigenvalue weighted by Crippen LogP contribution is 2.31. The van der Waals surface area contributed by atoms with Crippen LogP contribution < -0.4 is 10.2 Å². The summed E-state index contributed by atoms with van der Waals surface area (Å²) in [7, 11) is 0. The second-order valence-electron chi connectivity index (χ2n) is 6.25. The number of carbonyl (C=O) groups excluding carboxylic acids is 1. The first kappa shape index (κ1) is 21.6. The van der Waals surface area contributed by atoms with Gasteiger partial charge in [-0.15, -0.1) is 0 Å². The molecular formula is C18H15Cl3N4O3S. The Labute approximate surface area is 187 Å². The van der Waals surface area contributed by atoms with Crippen LogP contribution in [0.15, 0.2) is 36.4 Å². The number of amides is 1. The van der Waals surface area contributed by atoms with E-state index in [4.69, 9.17) is 47.0 Å². The van der Waals surface area contributed by atoms with Gasteiger partial charge in [0, 0.05) is 42.3 Å². The number of halogens is 3. The lowest BCUT2D eigenvalue weighted by Crippen LogP contribution is -2.52. The molecule has 1 fully saturated rings. The molecule has 1 aliphatic heterocycles. The van der Waals surface area contributed by atoms with E-state index in [0.29, 0.717) is 41.9 Å². The molecule has 1 N–H and O–H groups in total. The second-order valence-corrected chi connectivity index (χ2v) is 7.91. The maximum Gasteiger partial charge on any atom is 0.294 e. The quantitative estimate of drug-likeness (QED) is 0.405. The van der Waals surface area contributed by atoms with Gasteiger partial charge in [0.15, 0.2) is 5.11 Å². The monoisotopic (exact) mass is 472 g/mol. The Bertz CT molecular complexity index is 981. The predicted octanol–water partition coefficient (Wildman–Crippen LogP) is 4.39. The molecule has 29 heavy (non-hydrogen) atoms. The Hall–Kier alpha value is -2.13. The van der Waals surface area contributed by atoms with Crippen molar-refractivity contribution in [3.05, 3.63) is 67.1 Å². The smallest absolute Gasteiger partial charge is 0.294 e. The normalized spacial score (nSPS) is 13.9. The van der Waals surface area contributed by atoms with Gasteiger partial charge < -0.3 is 9.80 Å². The second kappa shape index (κ2) is 9.13. The van der Waals surface area contributed by atoms with E-state index in [1.54, 1.807) is 24.3 Å². The molecule has 1 heterocycles. The highest BCUT2D eigenvalue weighted by molar-refractivity contribution is 7.80. The van der Waals surface area contributed by atoms with E-state index in [2.05, 4.69) is 5.32 Å². The zero-order valence-electron chi connectivity index (χ0n) is 14.9. The summed E-state index contributed by atoms with van der Waals surface area (Å²) in [6.07, 6.45) is 0. The Morgan fingerprint density at radius 2 is 1.66 bits per heavy atom. The SMILES string of the molecule is O=C(NC(=S)N1CCN(c2ccc(Cl)cc2[N+](=O)[O-])CC1)c1cc(Cl)ccc1Cl. The molecule has 3 rings (SSSR count). The Morgan fingerprint density at radius 3 is 2.31 bits per heavy atom. The number of hydrogen-bond donors (Lipinski definition) is 1. The minimum atomic E-state index is -0.451. The molecule has 11 heteroatoms. The largest absolute Gasteiger partial charge is 0.362 e. The molecule has 1 aliphatic rings. The summed E-state index contributed by atoms with van der Waals surface area (Å²) in [5.41, 5.74) is 0.689.